The molecule has 0 spiro atoms. The summed E-state index contributed by atoms with van der Waals surface area (Å²) in [6.45, 7) is 6.04. The summed E-state index contributed by atoms with van der Waals surface area (Å²) in [7, 11) is 0. The molecule has 9 heteroatoms. The highest BCUT2D eigenvalue weighted by Gasteiger charge is 2.32. The molecule has 0 saturated carbocycles. The zero-order chi connectivity index (χ0) is 22.8. The standard InChI is InChI=1S/C23H25N5O3S/c1-13-14(2)32-23-20(13)21(17-9-7-16(8-10-17)6-4-5-11-24-31)25-18(12-19(29)30)22-27-26-15(3)28(22)23/h5,7-11,18,24,31H,4,6,12H2,1-3H3,(H,29,30)/b11-5-. The first kappa shape index (κ1) is 21.9. The lowest BCUT2D eigenvalue weighted by Crippen LogP contribution is -2.10. The van der Waals surface area contributed by atoms with Crippen molar-refractivity contribution < 1.29 is 15.1 Å². The Morgan fingerprint density at radius 3 is 2.66 bits per heavy atom. The van der Waals surface area contributed by atoms with Gasteiger partial charge >= 0.3 is 5.97 Å². The Bertz CT molecular complexity index is 1210. The summed E-state index contributed by atoms with van der Waals surface area (Å²) in [4.78, 5) is 17.7. The van der Waals surface area contributed by atoms with Gasteiger partial charge in [0.15, 0.2) is 5.82 Å². The van der Waals surface area contributed by atoms with Gasteiger partial charge in [0.1, 0.15) is 16.9 Å². The molecular weight excluding hydrogens is 426 g/mol. The van der Waals surface area contributed by atoms with Crippen LogP contribution in [0, 0.1) is 20.8 Å². The quantitative estimate of drug-likeness (QED) is 0.467. The maximum atomic E-state index is 11.6. The van der Waals surface area contributed by atoms with Crippen LogP contribution < -0.4 is 5.48 Å². The van der Waals surface area contributed by atoms with Crippen molar-refractivity contribution in [2.45, 2.75) is 46.1 Å². The number of aliphatic imine (C=N–C) groups is 1. The van der Waals surface area contributed by atoms with Crippen LogP contribution in [-0.4, -0.2) is 36.8 Å². The number of hydrogen-bond acceptors (Lipinski definition) is 7. The number of allylic oxidation sites excluding steroid dienone is 1. The molecule has 3 N–H and O–H groups in total. The second-order valence-corrected chi connectivity index (χ2v) is 8.97. The number of fused-ring (bicyclic) bond motifs is 3. The average Bonchev–Trinajstić information content (AvgIpc) is 3.24. The number of nitrogens with one attached hydrogen (secondary N) is 1. The van der Waals surface area contributed by atoms with Crippen LogP contribution in [0.5, 0.6) is 0 Å². The highest BCUT2D eigenvalue weighted by atomic mass is 32.1. The van der Waals surface area contributed by atoms with E-state index < -0.39 is 12.0 Å². The highest BCUT2D eigenvalue weighted by molar-refractivity contribution is 7.15. The van der Waals surface area contributed by atoms with Crippen molar-refractivity contribution in [1.82, 2.24) is 20.2 Å². The normalized spacial score (nSPS) is 15.2. The average molecular weight is 452 g/mol. The third-order valence-corrected chi connectivity index (χ3v) is 6.82. The maximum absolute atomic E-state index is 11.6. The number of aliphatic carboxylic acids is 1. The van der Waals surface area contributed by atoms with Crippen molar-refractivity contribution >= 4 is 23.0 Å². The third-order valence-electron chi connectivity index (χ3n) is 5.63. The topological polar surface area (TPSA) is 113 Å². The number of thiophene rings is 1. The second-order valence-electron chi connectivity index (χ2n) is 7.76. The van der Waals surface area contributed by atoms with E-state index in [2.05, 4.69) is 36.2 Å². The van der Waals surface area contributed by atoms with Crippen molar-refractivity contribution in [1.29, 1.82) is 0 Å². The van der Waals surface area contributed by atoms with E-state index in [0.29, 0.717) is 5.82 Å². The van der Waals surface area contributed by atoms with Crippen LogP contribution in [0.15, 0.2) is 41.5 Å². The molecule has 3 heterocycles. The number of rotatable bonds is 7. The molecule has 1 atom stereocenters. The van der Waals surface area contributed by atoms with Crippen molar-refractivity contribution in [3.63, 3.8) is 0 Å². The molecule has 0 bridgehead atoms. The molecule has 32 heavy (non-hydrogen) atoms. The Morgan fingerprint density at radius 1 is 1.22 bits per heavy atom. The molecule has 0 saturated heterocycles. The second kappa shape index (κ2) is 9.05. The van der Waals surface area contributed by atoms with Gasteiger partial charge in [-0.05, 0) is 44.7 Å². The number of carbonyl (C=O) groups is 1. The maximum Gasteiger partial charge on any atom is 0.306 e. The predicted molar refractivity (Wildman–Crippen MR) is 123 cm³/mol. The van der Waals surface area contributed by atoms with Gasteiger partial charge < -0.3 is 5.11 Å². The lowest BCUT2D eigenvalue weighted by molar-refractivity contribution is -0.137. The minimum Gasteiger partial charge on any atom is -0.481 e. The predicted octanol–water partition coefficient (Wildman–Crippen LogP) is 4.05. The first-order valence-electron chi connectivity index (χ1n) is 10.4. The van der Waals surface area contributed by atoms with E-state index in [4.69, 9.17) is 10.2 Å². The Labute approximate surface area is 189 Å². The van der Waals surface area contributed by atoms with Crippen molar-refractivity contribution in [3.05, 3.63) is 75.3 Å². The fraction of sp³-hybridized carbons (Fsp3) is 0.304. The summed E-state index contributed by atoms with van der Waals surface area (Å²) in [5.74, 6) is 0.350. The number of benzene rings is 1. The largest absolute Gasteiger partial charge is 0.481 e. The van der Waals surface area contributed by atoms with Gasteiger partial charge in [-0.25, -0.2) is 0 Å². The summed E-state index contributed by atoms with van der Waals surface area (Å²) in [5, 5.41) is 27.6. The van der Waals surface area contributed by atoms with Crippen LogP contribution in [0.25, 0.3) is 5.00 Å². The number of hydroxylamine groups is 1. The minimum absolute atomic E-state index is 0.155. The molecule has 0 aliphatic carbocycles. The van der Waals surface area contributed by atoms with Gasteiger partial charge in [-0.3, -0.25) is 25.0 Å². The number of carboxylic acid groups (broad SMARTS) is 1. The van der Waals surface area contributed by atoms with Crippen molar-refractivity contribution in [3.8, 4) is 5.00 Å². The molecule has 0 radical (unpaired) electrons. The van der Waals surface area contributed by atoms with Gasteiger partial charge in [0, 0.05) is 22.2 Å². The smallest absolute Gasteiger partial charge is 0.306 e. The molecule has 2 aromatic heterocycles. The molecule has 1 aromatic carbocycles. The van der Waals surface area contributed by atoms with Crippen molar-refractivity contribution in [2.24, 2.45) is 4.99 Å². The fourth-order valence-electron chi connectivity index (χ4n) is 3.91. The summed E-state index contributed by atoms with van der Waals surface area (Å²) < 4.78 is 1.96. The van der Waals surface area contributed by atoms with E-state index in [0.717, 1.165) is 46.1 Å². The Balaban J connectivity index is 1.81. The molecule has 1 aliphatic heterocycles. The first-order valence-corrected chi connectivity index (χ1v) is 11.2. The lowest BCUT2D eigenvalue weighted by Gasteiger charge is -2.11. The molecule has 4 rings (SSSR count). The number of aromatic nitrogens is 3. The number of carboxylic acids is 1. The van der Waals surface area contributed by atoms with Crippen LogP contribution in [0.4, 0.5) is 0 Å². The summed E-state index contributed by atoms with van der Waals surface area (Å²) in [5.41, 5.74) is 7.04. The van der Waals surface area contributed by atoms with Crippen LogP contribution in [0.1, 0.15) is 57.7 Å². The Kier molecular flexibility index (Phi) is 6.20. The van der Waals surface area contributed by atoms with Gasteiger partial charge in [0.05, 0.1) is 12.1 Å². The van der Waals surface area contributed by atoms with E-state index in [1.54, 1.807) is 11.3 Å². The van der Waals surface area contributed by atoms with Crippen LogP contribution in [0.2, 0.25) is 0 Å². The van der Waals surface area contributed by atoms with Crippen LogP contribution in [-0.2, 0) is 11.2 Å². The van der Waals surface area contributed by atoms with E-state index >= 15 is 0 Å². The van der Waals surface area contributed by atoms with E-state index in [9.17, 15) is 9.90 Å². The Hall–Kier alpha value is -3.30. The van der Waals surface area contributed by atoms with Gasteiger partial charge in [-0.15, -0.1) is 21.5 Å². The molecule has 3 aromatic rings. The molecule has 1 unspecified atom stereocenters. The van der Waals surface area contributed by atoms with Crippen LogP contribution in [0.3, 0.4) is 0 Å². The highest BCUT2D eigenvalue weighted by Crippen LogP contribution is 2.39. The molecule has 1 aliphatic rings. The fourth-order valence-corrected chi connectivity index (χ4v) is 5.12. The minimum atomic E-state index is -0.927. The summed E-state index contributed by atoms with van der Waals surface area (Å²) >= 11 is 1.65. The molecule has 0 fully saturated rings. The van der Waals surface area contributed by atoms with E-state index in [-0.39, 0.29) is 6.42 Å². The first-order chi connectivity index (χ1) is 15.4. The van der Waals surface area contributed by atoms with E-state index in [1.807, 2.05) is 35.2 Å². The summed E-state index contributed by atoms with van der Waals surface area (Å²) in [6, 6.07) is 7.58. The molecule has 8 nitrogen and oxygen atoms in total. The number of nitrogens with zero attached hydrogens (tertiary/aromatic N) is 4. The molecular formula is C23H25N5O3S. The molecule has 0 amide bonds. The van der Waals surface area contributed by atoms with Gasteiger partial charge in [-0.2, -0.15) is 0 Å². The Morgan fingerprint density at radius 2 is 1.97 bits per heavy atom. The van der Waals surface area contributed by atoms with E-state index in [1.165, 1.54) is 16.6 Å². The SMILES string of the molecule is Cc1sc2c(c1C)C(c1ccc(CC/C=C\NO)cc1)=NC(CC(=O)O)c1nnc(C)n1-2. The number of aryl methyl sites for hydroxylation is 3. The van der Waals surface area contributed by atoms with Gasteiger partial charge in [0.2, 0.25) is 0 Å². The summed E-state index contributed by atoms with van der Waals surface area (Å²) in [6.07, 6.45) is 4.85. The van der Waals surface area contributed by atoms with Gasteiger partial charge in [0.25, 0.3) is 0 Å². The molecule has 166 valence electrons. The van der Waals surface area contributed by atoms with Crippen molar-refractivity contribution in [2.75, 3.05) is 0 Å². The zero-order valence-electron chi connectivity index (χ0n) is 18.2. The lowest BCUT2D eigenvalue weighted by atomic mass is 9.98. The number of hydrogen-bond donors (Lipinski definition) is 3. The van der Waals surface area contributed by atoms with Gasteiger partial charge in [-0.1, -0.05) is 30.3 Å². The van der Waals surface area contributed by atoms with Crippen LogP contribution >= 0.6 is 11.3 Å². The zero-order valence-corrected chi connectivity index (χ0v) is 19.0. The third kappa shape index (κ3) is 4.09. The monoisotopic (exact) mass is 451 g/mol.